The van der Waals surface area contributed by atoms with Gasteiger partial charge in [-0.2, -0.15) is 0 Å². The van der Waals surface area contributed by atoms with Crippen LogP contribution >= 0.6 is 0 Å². The minimum atomic E-state index is 0.0603. The predicted molar refractivity (Wildman–Crippen MR) is 82.2 cm³/mol. The van der Waals surface area contributed by atoms with Crippen LogP contribution in [0.1, 0.15) is 33.3 Å². The Labute approximate surface area is 122 Å². The average molecular weight is 274 g/mol. The molecule has 110 valence electrons. The van der Waals surface area contributed by atoms with E-state index in [-0.39, 0.29) is 5.91 Å². The van der Waals surface area contributed by atoms with Crippen molar-refractivity contribution < 1.29 is 4.79 Å². The minimum absolute atomic E-state index is 0.0603. The van der Waals surface area contributed by atoms with Gasteiger partial charge < -0.3 is 10.6 Å². The fourth-order valence-electron chi connectivity index (χ4n) is 3.03. The van der Waals surface area contributed by atoms with Crippen molar-refractivity contribution in [2.24, 2.45) is 16.7 Å². The summed E-state index contributed by atoms with van der Waals surface area (Å²) in [5.74, 6) is 0.710. The molecule has 0 bridgehead atoms. The van der Waals surface area contributed by atoms with Crippen LogP contribution in [0.15, 0.2) is 30.3 Å². The Morgan fingerprint density at radius 1 is 1.10 bits per heavy atom. The molecule has 1 aliphatic rings. The molecule has 0 radical (unpaired) electrons. The lowest BCUT2D eigenvalue weighted by Gasteiger charge is -2.07. The lowest BCUT2D eigenvalue weighted by Crippen LogP contribution is -2.34. The molecule has 1 aromatic rings. The summed E-state index contributed by atoms with van der Waals surface area (Å²) in [6.07, 6.45) is 0. The molecule has 2 rings (SSSR count). The van der Waals surface area contributed by atoms with E-state index in [4.69, 9.17) is 0 Å². The van der Waals surface area contributed by atoms with Gasteiger partial charge in [-0.15, -0.1) is 0 Å². The Balaban J connectivity index is 1.64. The summed E-state index contributed by atoms with van der Waals surface area (Å²) in [4.78, 5) is 11.8. The van der Waals surface area contributed by atoms with Crippen LogP contribution in [0.3, 0.4) is 0 Å². The zero-order valence-electron chi connectivity index (χ0n) is 13.0. The van der Waals surface area contributed by atoms with Gasteiger partial charge >= 0.3 is 0 Å². The zero-order valence-corrected chi connectivity index (χ0v) is 13.0. The highest BCUT2D eigenvalue weighted by Crippen LogP contribution is 2.67. The molecule has 0 saturated heterocycles. The lowest BCUT2D eigenvalue weighted by atomic mass is 10.0. The predicted octanol–water partition coefficient (Wildman–Crippen LogP) is 2.57. The second-order valence-corrected chi connectivity index (χ2v) is 6.89. The zero-order chi connectivity index (χ0) is 14.8. The summed E-state index contributed by atoms with van der Waals surface area (Å²) >= 11 is 0. The molecule has 2 N–H and O–H groups in total. The molecular weight excluding hydrogens is 248 g/mol. The number of amides is 1. The highest BCUT2D eigenvalue weighted by atomic mass is 16.1. The molecule has 1 aliphatic carbocycles. The fraction of sp³-hybridized carbons (Fsp3) is 0.588. The summed E-state index contributed by atoms with van der Waals surface area (Å²) in [6.45, 7) is 11.1. The molecular formula is C17H26N2O. The fourth-order valence-corrected chi connectivity index (χ4v) is 3.03. The SMILES string of the molecule is CC1(C)C(CNCC(=O)NCc2ccccc2)C1(C)C. The molecule has 0 aromatic heterocycles. The van der Waals surface area contributed by atoms with Crippen molar-refractivity contribution in [2.75, 3.05) is 13.1 Å². The van der Waals surface area contributed by atoms with Crippen molar-refractivity contribution in [3.05, 3.63) is 35.9 Å². The molecule has 1 saturated carbocycles. The van der Waals surface area contributed by atoms with E-state index in [0.717, 1.165) is 12.1 Å². The lowest BCUT2D eigenvalue weighted by molar-refractivity contribution is -0.120. The molecule has 3 heteroatoms. The molecule has 3 nitrogen and oxygen atoms in total. The van der Waals surface area contributed by atoms with E-state index in [2.05, 4.69) is 38.3 Å². The van der Waals surface area contributed by atoms with Crippen LogP contribution in [0.4, 0.5) is 0 Å². The van der Waals surface area contributed by atoms with Gasteiger partial charge in [0.25, 0.3) is 0 Å². The van der Waals surface area contributed by atoms with Crippen molar-refractivity contribution in [1.82, 2.24) is 10.6 Å². The standard InChI is InChI=1S/C17H26N2O/c1-16(2)14(17(16,3)4)11-18-12-15(20)19-10-13-8-6-5-7-9-13/h5-9,14,18H,10-12H2,1-4H3,(H,19,20). The molecule has 1 fully saturated rings. The smallest absolute Gasteiger partial charge is 0.234 e. The van der Waals surface area contributed by atoms with Crippen LogP contribution in [-0.2, 0) is 11.3 Å². The van der Waals surface area contributed by atoms with Crippen LogP contribution in [0.2, 0.25) is 0 Å². The van der Waals surface area contributed by atoms with E-state index in [1.165, 1.54) is 0 Å². The third-order valence-corrected chi connectivity index (χ3v) is 5.29. The number of benzene rings is 1. The highest BCUT2D eigenvalue weighted by molar-refractivity contribution is 5.77. The van der Waals surface area contributed by atoms with Crippen LogP contribution in [0, 0.1) is 16.7 Å². The van der Waals surface area contributed by atoms with Crippen molar-refractivity contribution in [3.8, 4) is 0 Å². The number of hydrogen-bond acceptors (Lipinski definition) is 2. The molecule has 1 aromatic carbocycles. The van der Waals surface area contributed by atoms with Gasteiger partial charge in [-0.25, -0.2) is 0 Å². The largest absolute Gasteiger partial charge is 0.351 e. The monoisotopic (exact) mass is 274 g/mol. The van der Waals surface area contributed by atoms with Gasteiger partial charge in [-0.05, 0) is 28.9 Å². The third kappa shape index (κ3) is 3.04. The van der Waals surface area contributed by atoms with E-state index in [1.54, 1.807) is 0 Å². The van der Waals surface area contributed by atoms with Gasteiger partial charge in [-0.3, -0.25) is 4.79 Å². The van der Waals surface area contributed by atoms with Crippen LogP contribution in [0.25, 0.3) is 0 Å². The second kappa shape index (κ2) is 5.57. The average Bonchev–Trinajstić information content (AvgIpc) is 2.80. The first-order valence-corrected chi connectivity index (χ1v) is 7.37. The molecule has 1 amide bonds. The maximum Gasteiger partial charge on any atom is 0.234 e. The first-order valence-electron chi connectivity index (χ1n) is 7.37. The Morgan fingerprint density at radius 3 is 2.25 bits per heavy atom. The Kier molecular flexibility index (Phi) is 4.19. The summed E-state index contributed by atoms with van der Waals surface area (Å²) < 4.78 is 0. The van der Waals surface area contributed by atoms with Gasteiger partial charge in [0.1, 0.15) is 0 Å². The Hall–Kier alpha value is -1.35. The van der Waals surface area contributed by atoms with Crippen molar-refractivity contribution in [3.63, 3.8) is 0 Å². The van der Waals surface area contributed by atoms with E-state index >= 15 is 0 Å². The second-order valence-electron chi connectivity index (χ2n) is 6.89. The van der Waals surface area contributed by atoms with Gasteiger partial charge in [0, 0.05) is 6.54 Å². The molecule has 20 heavy (non-hydrogen) atoms. The maximum absolute atomic E-state index is 11.8. The number of carbonyl (C=O) groups excluding carboxylic acids is 1. The molecule has 0 spiro atoms. The number of nitrogens with one attached hydrogen (secondary N) is 2. The molecule has 0 heterocycles. The summed E-state index contributed by atoms with van der Waals surface area (Å²) in [7, 11) is 0. The minimum Gasteiger partial charge on any atom is -0.351 e. The topological polar surface area (TPSA) is 41.1 Å². The van der Waals surface area contributed by atoms with Crippen molar-refractivity contribution in [2.45, 2.75) is 34.2 Å². The first kappa shape index (κ1) is 15.0. The summed E-state index contributed by atoms with van der Waals surface area (Å²) in [5.41, 5.74) is 1.88. The summed E-state index contributed by atoms with van der Waals surface area (Å²) in [6, 6.07) is 9.98. The summed E-state index contributed by atoms with van der Waals surface area (Å²) in [5, 5.41) is 6.22. The first-order chi connectivity index (χ1) is 9.35. The van der Waals surface area contributed by atoms with Crippen molar-refractivity contribution in [1.29, 1.82) is 0 Å². The number of carbonyl (C=O) groups is 1. The Morgan fingerprint density at radius 2 is 1.70 bits per heavy atom. The van der Waals surface area contributed by atoms with E-state index < -0.39 is 0 Å². The third-order valence-electron chi connectivity index (χ3n) is 5.29. The van der Waals surface area contributed by atoms with Crippen LogP contribution < -0.4 is 10.6 Å². The quantitative estimate of drug-likeness (QED) is 0.837. The molecule has 0 unspecified atom stereocenters. The van der Waals surface area contributed by atoms with Crippen LogP contribution in [0.5, 0.6) is 0 Å². The van der Waals surface area contributed by atoms with Gasteiger partial charge in [0.15, 0.2) is 0 Å². The van der Waals surface area contributed by atoms with E-state index in [9.17, 15) is 4.79 Å². The highest BCUT2D eigenvalue weighted by Gasteiger charge is 2.63. The molecule has 0 aliphatic heterocycles. The number of hydrogen-bond donors (Lipinski definition) is 2. The maximum atomic E-state index is 11.8. The van der Waals surface area contributed by atoms with Crippen LogP contribution in [-0.4, -0.2) is 19.0 Å². The Bertz CT molecular complexity index is 451. The van der Waals surface area contributed by atoms with E-state index in [1.807, 2.05) is 30.3 Å². The normalized spacial score (nSPS) is 19.6. The van der Waals surface area contributed by atoms with Gasteiger partial charge in [0.05, 0.1) is 6.54 Å². The van der Waals surface area contributed by atoms with E-state index in [0.29, 0.717) is 29.8 Å². The van der Waals surface area contributed by atoms with Gasteiger partial charge in [0.2, 0.25) is 5.91 Å². The molecule has 0 atom stereocenters. The van der Waals surface area contributed by atoms with Gasteiger partial charge in [-0.1, -0.05) is 58.0 Å². The van der Waals surface area contributed by atoms with Crippen molar-refractivity contribution >= 4 is 5.91 Å². The number of rotatable bonds is 6.